The van der Waals surface area contributed by atoms with Gasteiger partial charge in [-0.2, -0.15) is 5.10 Å². The van der Waals surface area contributed by atoms with Gasteiger partial charge in [0.2, 0.25) is 5.91 Å². The molecule has 0 aliphatic heterocycles. The van der Waals surface area contributed by atoms with E-state index in [1.807, 2.05) is 13.8 Å². The molecule has 1 rings (SSSR count). The Bertz CT molecular complexity index is 344. The Morgan fingerprint density at radius 3 is 2.62 bits per heavy atom. The molecule has 0 atom stereocenters. The number of likely N-dealkylation sites (N-methyl/N-ethyl adjacent to an activating group) is 1. The van der Waals surface area contributed by atoms with Gasteiger partial charge < -0.3 is 10.2 Å². The van der Waals surface area contributed by atoms with Crippen molar-refractivity contribution in [2.45, 2.75) is 13.8 Å². The van der Waals surface area contributed by atoms with Crippen molar-refractivity contribution >= 4 is 11.8 Å². The minimum Gasteiger partial charge on any atom is -0.343 e. The van der Waals surface area contributed by atoms with Gasteiger partial charge in [0.1, 0.15) is 0 Å². The molecule has 1 aromatic heterocycles. The van der Waals surface area contributed by atoms with Crippen molar-refractivity contribution in [3.8, 4) is 0 Å². The molecule has 0 radical (unpaired) electrons. The molecule has 6 nitrogen and oxygen atoms in total. The maximum absolute atomic E-state index is 11.6. The van der Waals surface area contributed by atoms with Crippen molar-refractivity contribution in [1.29, 1.82) is 0 Å². The van der Waals surface area contributed by atoms with E-state index in [0.717, 1.165) is 0 Å². The van der Waals surface area contributed by atoms with Gasteiger partial charge in [0.15, 0.2) is 0 Å². The van der Waals surface area contributed by atoms with Crippen molar-refractivity contribution in [3.05, 3.63) is 18.0 Å². The van der Waals surface area contributed by atoms with Gasteiger partial charge >= 0.3 is 0 Å². The van der Waals surface area contributed by atoms with Crippen LogP contribution in [0.1, 0.15) is 24.2 Å². The number of H-pyrrole nitrogens is 1. The first-order chi connectivity index (χ1) is 7.69. The van der Waals surface area contributed by atoms with Crippen LogP contribution in [0.15, 0.2) is 12.4 Å². The van der Waals surface area contributed by atoms with Gasteiger partial charge in [-0.3, -0.25) is 14.7 Å². The van der Waals surface area contributed by atoms with E-state index in [9.17, 15) is 9.59 Å². The van der Waals surface area contributed by atoms with Crippen LogP contribution < -0.4 is 5.32 Å². The third-order valence-corrected chi connectivity index (χ3v) is 2.28. The van der Waals surface area contributed by atoms with Crippen molar-refractivity contribution in [2.75, 3.05) is 19.6 Å². The fraction of sp³-hybridized carbons (Fsp3) is 0.500. The molecule has 0 aliphatic carbocycles. The first-order valence-corrected chi connectivity index (χ1v) is 5.23. The van der Waals surface area contributed by atoms with Crippen LogP contribution in [0.4, 0.5) is 0 Å². The van der Waals surface area contributed by atoms with Crippen LogP contribution in [0, 0.1) is 0 Å². The maximum Gasteiger partial charge on any atom is 0.254 e. The predicted octanol–water partition coefficient (Wildman–Crippen LogP) is 0.00790. The summed E-state index contributed by atoms with van der Waals surface area (Å²) in [5.41, 5.74) is 0.423. The quantitative estimate of drug-likeness (QED) is 0.739. The van der Waals surface area contributed by atoms with Crippen LogP contribution in [0.5, 0.6) is 0 Å². The summed E-state index contributed by atoms with van der Waals surface area (Å²) in [4.78, 5) is 24.7. The van der Waals surface area contributed by atoms with Crippen LogP contribution in [-0.2, 0) is 4.79 Å². The highest BCUT2D eigenvalue weighted by molar-refractivity contribution is 5.95. The minimum atomic E-state index is -0.297. The summed E-state index contributed by atoms with van der Waals surface area (Å²) in [6.45, 7) is 5.12. The van der Waals surface area contributed by atoms with E-state index < -0.39 is 0 Å². The molecule has 0 fully saturated rings. The lowest BCUT2D eigenvalue weighted by Gasteiger charge is -2.18. The highest BCUT2D eigenvalue weighted by atomic mass is 16.2. The molecule has 0 bridgehead atoms. The molecule has 16 heavy (non-hydrogen) atoms. The maximum atomic E-state index is 11.6. The zero-order valence-electron chi connectivity index (χ0n) is 9.49. The minimum absolute atomic E-state index is 0.0195. The molecule has 1 heterocycles. The summed E-state index contributed by atoms with van der Waals surface area (Å²) >= 11 is 0. The van der Waals surface area contributed by atoms with Crippen LogP contribution in [-0.4, -0.2) is 46.5 Å². The van der Waals surface area contributed by atoms with Gasteiger partial charge in [-0.15, -0.1) is 0 Å². The molecule has 0 aromatic carbocycles. The number of aromatic nitrogens is 2. The van der Waals surface area contributed by atoms with Gasteiger partial charge in [-0.05, 0) is 13.8 Å². The number of rotatable bonds is 5. The first-order valence-electron chi connectivity index (χ1n) is 5.23. The summed E-state index contributed by atoms with van der Waals surface area (Å²) < 4.78 is 0. The van der Waals surface area contributed by atoms with Gasteiger partial charge in [0.05, 0.1) is 18.3 Å². The normalized spacial score (nSPS) is 9.88. The summed E-state index contributed by atoms with van der Waals surface area (Å²) in [5, 5.41) is 8.74. The molecule has 2 N–H and O–H groups in total. The largest absolute Gasteiger partial charge is 0.343 e. The van der Waals surface area contributed by atoms with Gasteiger partial charge in [-0.1, -0.05) is 0 Å². The van der Waals surface area contributed by atoms with Crippen LogP contribution in [0.25, 0.3) is 0 Å². The van der Waals surface area contributed by atoms with E-state index >= 15 is 0 Å². The standard InChI is InChI=1S/C10H16N4O2/c1-3-14(4-2)9(15)7-11-10(16)8-5-12-13-6-8/h5-6H,3-4,7H2,1-2H3,(H,11,16)(H,12,13). The van der Waals surface area contributed by atoms with E-state index in [4.69, 9.17) is 0 Å². The zero-order chi connectivity index (χ0) is 12.0. The monoisotopic (exact) mass is 224 g/mol. The number of nitrogens with zero attached hydrogens (tertiary/aromatic N) is 2. The van der Waals surface area contributed by atoms with E-state index in [-0.39, 0.29) is 18.4 Å². The molecule has 0 unspecified atom stereocenters. The number of hydrogen-bond acceptors (Lipinski definition) is 3. The average molecular weight is 224 g/mol. The van der Waals surface area contributed by atoms with Crippen LogP contribution >= 0.6 is 0 Å². The number of hydrogen-bond donors (Lipinski definition) is 2. The molecule has 88 valence electrons. The molecular weight excluding hydrogens is 208 g/mol. The van der Waals surface area contributed by atoms with E-state index in [1.165, 1.54) is 12.4 Å². The Hall–Kier alpha value is -1.85. The molecule has 0 saturated carbocycles. The Morgan fingerprint density at radius 2 is 2.12 bits per heavy atom. The van der Waals surface area contributed by atoms with E-state index in [1.54, 1.807) is 4.90 Å². The summed E-state index contributed by atoms with van der Waals surface area (Å²) in [6, 6.07) is 0. The van der Waals surface area contributed by atoms with Crippen molar-refractivity contribution in [1.82, 2.24) is 20.4 Å². The second-order valence-corrected chi connectivity index (χ2v) is 3.24. The smallest absolute Gasteiger partial charge is 0.254 e. The topological polar surface area (TPSA) is 78.1 Å². The molecule has 0 spiro atoms. The lowest BCUT2D eigenvalue weighted by atomic mass is 10.3. The van der Waals surface area contributed by atoms with Gasteiger partial charge in [0, 0.05) is 19.3 Å². The SMILES string of the molecule is CCN(CC)C(=O)CNC(=O)c1cn[nH]c1. The fourth-order valence-corrected chi connectivity index (χ4v) is 1.32. The Labute approximate surface area is 94.0 Å². The van der Waals surface area contributed by atoms with Gasteiger partial charge in [-0.25, -0.2) is 0 Å². The van der Waals surface area contributed by atoms with Crippen LogP contribution in [0.3, 0.4) is 0 Å². The fourth-order valence-electron chi connectivity index (χ4n) is 1.32. The number of nitrogens with one attached hydrogen (secondary N) is 2. The third kappa shape index (κ3) is 3.08. The lowest BCUT2D eigenvalue weighted by molar-refractivity contribution is -0.129. The van der Waals surface area contributed by atoms with E-state index in [0.29, 0.717) is 18.7 Å². The lowest BCUT2D eigenvalue weighted by Crippen LogP contribution is -2.39. The average Bonchev–Trinajstić information content (AvgIpc) is 2.81. The number of carbonyl (C=O) groups excluding carboxylic acids is 2. The molecule has 1 aromatic rings. The molecule has 0 aliphatic rings. The van der Waals surface area contributed by atoms with Crippen molar-refractivity contribution in [2.24, 2.45) is 0 Å². The Morgan fingerprint density at radius 1 is 1.44 bits per heavy atom. The summed E-state index contributed by atoms with van der Waals surface area (Å²) in [5.74, 6) is -0.379. The second-order valence-electron chi connectivity index (χ2n) is 3.24. The highest BCUT2D eigenvalue weighted by Crippen LogP contribution is 1.93. The predicted molar refractivity (Wildman–Crippen MR) is 58.8 cm³/mol. The van der Waals surface area contributed by atoms with Crippen molar-refractivity contribution < 1.29 is 9.59 Å². The first kappa shape index (κ1) is 12.2. The second kappa shape index (κ2) is 5.89. The van der Waals surface area contributed by atoms with Crippen LogP contribution in [0.2, 0.25) is 0 Å². The molecule has 0 saturated heterocycles. The van der Waals surface area contributed by atoms with Crippen molar-refractivity contribution in [3.63, 3.8) is 0 Å². The zero-order valence-corrected chi connectivity index (χ0v) is 9.49. The third-order valence-electron chi connectivity index (χ3n) is 2.28. The van der Waals surface area contributed by atoms with Gasteiger partial charge in [0.25, 0.3) is 5.91 Å². The summed E-state index contributed by atoms with van der Waals surface area (Å²) in [7, 11) is 0. The number of carbonyl (C=O) groups is 2. The summed E-state index contributed by atoms with van der Waals surface area (Å²) in [6.07, 6.45) is 2.90. The number of aromatic amines is 1. The Balaban J connectivity index is 2.40. The molecular formula is C10H16N4O2. The molecule has 6 heteroatoms. The highest BCUT2D eigenvalue weighted by Gasteiger charge is 2.12. The van der Waals surface area contributed by atoms with E-state index in [2.05, 4.69) is 15.5 Å². The Kier molecular flexibility index (Phi) is 4.50. The molecule has 2 amide bonds. The number of amides is 2.